The molecule has 0 bridgehead atoms. The number of carboxylic acid groups (broad SMARTS) is 1. The maximum Gasteiger partial charge on any atom is 0.324 e. The second-order valence-corrected chi connectivity index (χ2v) is 16.6. The van der Waals surface area contributed by atoms with Gasteiger partial charge in [0.05, 0.1) is 30.9 Å². The van der Waals surface area contributed by atoms with Crippen LogP contribution in [0.4, 0.5) is 0 Å². The third kappa shape index (κ3) is 8.68. The van der Waals surface area contributed by atoms with Crippen LogP contribution in [-0.2, 0) is 19.2 Å². The van der Waals surface area contributed by atoms with Crippen molar-refractivity contribution in [1.82, 2.24) is 25.8 Å². The molecule has 2 heterocycles. The van der Waals surface area contributed by atoms with Crippen LogP contribution in [-0.4, -0.2) is 93.4 Å². The summed E-state index contributed by atoms with van der Waals surface area (Å²) >= 11 is 0. The van der Waals surface area contributed by atoms with Gasteiger partial charge in [-0.15, -0.1) is 6.58 Å². The molecular formula is C43H55N5O8. The number of aliphatic hydroxyl groups is 1. The summed E-state index contributed by atoms with van der Waals surface area (Å²) in [6.45, 7) is 10.7. The summed E-state index contributed by atoms with van der Waals surface area (Å²) < 4.78 is 12.2. The van der Waals surface area contributed by atoms with E-state index in [-0.39, 0.29) is 31.2 Å². The Morgan fingerprint density at radius 2 is 1.75 bits per heavy atom. The third-order valence-corrected chi connectivity index (χ3v) is 11.5. The fourth-order valence-electron chi connectivity index (χ4n) is 8.34. The van der Waals surface area contributed by atoms with Gasteiger partial charge >= 0.3 is 5.97 Å². The van der Waals surface area contributed by atoms with Crippen LogP contribution in [0.1, 0.15) is 72.6 Å². The topological polar surface area (TPSA) is 179 Å². The van der Waals surface area contributed by atoms with Gasteiger partial charge in [-0.3, -0.25) is 24.5 Å². The highest BCUT2D eigenvalue weighted by molar-refractivity contribution is 5.93. The summed E-state index contributed by atoms with van der Waals surface area (Å²) in [5.74, 6) is -1.68. The number of likely N-dealkylation sites (tertiary alicyclic amines) is 1. The monoisotopic (exact) mass is 769 g/mol. The van der Waals surface area contributed by atoms with Crippen LogP contribution < -0.4 is 25.4 Å². The predicted octanol–water partition coefficient (Wildman–Crippen LogP) is 4.81. The van der Waals surface area contributed by atoms with E-state index in [0.717, 1.165) is 37.7 Å². The first-order valence-electron chi connectivity index (χ1n) is 19.6. The van der Waals surface area contributed by atoms with Crippen molar-refractivity contribution in [2.75, 3.05) is 13.7 Å². The van der Waals surface area contributed by atoms with E-state index < -0.39 is 65.1 Å². The lowest BCUT2D eigenvalue weighted by atomic mass is 9.82. The highest BCUT2D eigenvalue weighted by Gasteiger charge is 2.61. The van der Waals surface area contributed by atoms with E-state index in [4.69, 9.17) is 14.5 Å². The van der Waals surface area contributed by atoms with E-state index in [2.05, 4.69) is 22.5 Å². The predicted molar refractivity (Wildman–Crippen MR) is 212 cm³/mol. The molecule has 1 saturated heterocycles. The molecule has 1 aromatic heterocycles. The van der Waals surface area contributed by atoms with Crippen molar-refractivity contribution >= 4 is 34.6 Å². The van der Waals surface area contributed by atoms with Crippen molar-refractivity contribution < 1.29 is 38.9 Å². The normalized spacial score (nSPS) is 24.1. The van der Waals surface area contributed by atoms with Gasteiger partial charge in [0.15, 0.2) is 0 Å². The van der Waals surface area contributed by atoms with Crippen LogP contribution in [0, 0.1) is 17.3 Å². The van der Waals surface area contributed by atoms with Gasteiger partial charge in [-0.2, -0.15) is 0 Å². The van der Waals surface area contributed by atoms with Gasteiger partial charge in [-0.25, -0.2) is 4.98 Å². The van der Waals surface area contributed by atoms with Crippen molar-refractivity contribution in [3.63, 3.8) is 0 Å². The minimum absolute atomic E-state index is 0.0358. The van der Waals surface area contributed by atoms with Crippen LogP contribution >= 0.6 is 0 Å². The number of nitrogens with one attached hydrogen (secondary N) is 3. The van der Waals surface area contributed by atoms with Crippen molar-refractivity contribution in [2.45, 2.75) is 109 Å². The van der Waals surface area contributed by atoms with Crippen molar-refractivity contribution in [3.05, 3.63) is 67.3 Å². The Morgan fingerprint density at radius 1 is 1.04 bits per heavy atom. The summed E-state index contributed by atoms with van der Waals surface area (Å²) in [6, 6.07) is 14.2. The molecule has 0 radical (unpaired) electrons. The quantitative estimate of drug-likeness (QED) is 0.113. The molecule has 3 fully saturated rings. The Kier molecular flexibility index (Phi) is 12.1. The maximum absolute atomic E-state index is 14.9. The summed E-state index contributed by atoms with van der Waals surface area (Å²) in [4.78, 5) is 60.1. The lowest BCUT2D eigenvalue weighted by Gasteiger charge is -2.38. The molecule has 5 N–H and O–H groups in total. The number of amides is 3. The maximum atomic E-state index is 14.9. The smallest absolute Gasteiger partial charge is 0.324 e. The molecule has 6 rings (SSSR count). The molecule has 3 aliphatic rings. The van der Waals surface area contributed by atoms with Gasteiger partial charge < -0.3 is 35.2 Å². The highest BCUT2D eigenvalue weighted by atomic mass is 16.5. The number of pyridine rings is 1. The number of fused-ring (bicyclic) bond motifs is 1. The van der Waals surface area contributed by atoms with Crippen molar-refractivity contribution in [2.24, 2.45) is 17.3 Å². The van der Waals surface area contributed by atoms with Gasteiger partial charge in [0, 0.05) is 42.3 Å². The Hall–Kier alpha value is -5.01. The number of methoxy groups -OCH3 is 1. The molecule has 3 aromatic rings. The Labute approximate surface area is 328 Å². The molecule has 5 unspecified atom stereocenters. The largest absolute Gasteiger partial charge is 0.497 e. The van der Waals surface area contributed by atoms with Crippen LogP contribution in [0.5, 0.6) is 11.5 Å². The van der Waals surface area contributed by atoms with Gasteiger partial charge in [-0.1, -0.05) is 76.4 Å². The third-order valence-electron chi connectivity index (χ3n) is 11.5. The summed E-state index contributed by atoms with van der Waals surface area (Å²) in [6.07, 6.45) is 4.39. The Morgan fingerprint density at radius 3 is 2.36 bits per heavy atom. The molecular weight excluding hydrogens is 714 g/mol. The van der Waals surface area contributed by atoms with Crippen LogP contribution in [0.2, 0.25) is 0 Å². The van der Waals surface area contributed by atoms with Crippen molar-refractivity contribution in [3.8, 4) is 22.8 Å². The number of carbonyl (C=O) groups excluding carboxylic acids is 3. The Balaban J connectivity index is 1.34. The molecule has 2 aromatic carbocycles. The molecule has 2 aliphatic carbocycles. The standard InChI is InChI=1S/C43H55N5O8/c1-7-28-23-43(28,41(53)54)47-38(50)34-21-30(56-35-22-32(26-14-10-8-11-15-26)45-33-20-29(55-6)18-19-31(33)35)24-48(34)40(52)37(42(3,4)5)46-39(51)36(44-25(2)49)27-16-12-9-13-17-27/h7-8,10-11,14-15,18-20,22,27-28,30,34,36-38,47,50H,1,9,12-13,16-17,21,23-24H2,2-6H3,(H,44,49)(H,46,51)(H,53,54)/t28?,30-,34+,36?,37?,38?,43?/m1/s1. The minimum Gasteiger partial charge on any atom is -0.497 e. The van der Waals surface area contributed by atoms with Crippen LogP contribution in [0.25, 0.3) is 22.2 Å². The SMILES string of the molecule is C=CC1CC1(NC(O)[C@@H]1C[C@@H](Oc2cc(-c3ccccc3)nc3cc(OC)ccc23)CN1C(=O)C(NC(=O)C(NC(C)=O)C1CCCCC1)C(C)(C)C)C(=O)O. The molecule has 0 spiro atoms. The summed E-state index contributed by atoms with van der Waals surface area (Å²) in [5, 5.41) is 31.5. The van der Waals surface area contributed by atoms with E-state index in [1.54, 1.807) is 13.2 Å². The number of hydrogen-bond acceptors (Lipinski definition) is 9. The first-order chi connectivity index (χ1) is 26.6. The number of hydrogen-bond donors (Lipinski definition) is 5. The number of carboxylic acids is 1. The molecule has 1 aliphatic heterocycles. The Bertz CT molecular complexity index is 1940. The lowest BCUT2D eigenvalue weighted by Crippen LogP contribution is -2.62. The van der Waals surface area contributed by atoms with Crippen LogP contribution in [0.3, 0.4) is 0 Å². The lowest BCUT2D eigenvalue weighted by molar-refractivity contribution is -0.145. The van der Waals surface area contributed by atoms with Gasteiger partial charge in [0.1, 0.15) is 41.5 Å². The average molecular weight is 770 g/mol. The van der Waals surface area contributed by atoms with Crippen LogP contribution in [0.15, 0.2) is 67.3 Å². The average Bonchev–Trinajstić information content (AvgIpc) is 3.74. The second-order valence-electron chi connectivity index (χ2n) is 16.6. The fraction of sp³-hybridized carbons (Fsp3) is 0.512. The molecule has 3 amide bonds. The summed E-state index contributed by atoms with van der Waals surface area (Å²) in [7, 11) is 1.58. The highest BCUT2D eigenvalue weighted by Crippen LogP contribution is 2.45. The number of nitrogens with zero attached hydrogens (tertiary/aromatic N) is 2. The van der Waals surface area contributed by atoms with E-state index in [0.29, 0.717) is 28.1 Å². The number of aromatic nitrogens is 1. The zero-order valence-electron chi connectivity index (χ0n) is 32.9. The fourth-order valence-corrected chi connectivity index (χ4v) is 8.34. The van der Waals surface area contributed by atoms with E-state index in [9.17, 15) is 29.4 Å². The molecule has 300 valence electrons. The molecule has 7 atom stereocenters. The number of benzene rings is 2. The number of carbonyl (C=O) groups is 4. The summed E-state index contributed by atoms with van der Waals surface area (Å²) in [5.41, 5.74) is -0.0414. The minimum atomic E-state index is -1.46. The van der Waals surface area contributed by atoms with Gasteiger partial charge in [0.2, 0.25) is 17.7 Å². The number of aliphatic hydroxyl groups excluding tert-OH is 1. The van der Waals surface area contributed by atoms with E-state index in [1.165, 1.54) is 11.8 Å². The van der Waals surface area contributed by atoms with Gasteiger partial charge in [0.25, 0.3) is 0 Å². The van der Waals surface area contributed by atoms with E-state index >= 15 is 0 Å². The first-order valence-corrected chi connectivity index (χ1v) is 19.6. The molecule has 56 heavy (non-hydrogen) atoms. The van der Waals surface area contributed by atoms with Crippen molar-refractivity contribution in [1.29, 1.82) is 0 Å². The zero-order chi connectivity index (χ0) is 40.4. The number of ether oxygens (including phenoxy) is 2. The number of rotatable bonds is 14. The van der Waals surface area contributed by atoms with Gasteiger partial charge in [-0.05, 0) is 42.7 Å². The molecule has 13 heteroatoms. The molecule has 2 saturated carbocycles. The zero-order valence-corrected chi connectivity index (χ0v) is 32.9. The number of aliphatic carboxylic acids is 1. The molecule has 13 nitrogen and oxygen atoms in total. The van der Waals surface area contributed by atoms with E-state index in [1.807, 2.05) is 75.4 Å². The second kappa shape index (κ2) is 16.6. The first kappa shape index (κ1) is 40.6.